The summed E-state index contributed by atoms with van der Waals surface area (Å²) in [7, 11) is 1.99. The zero-order valence-corrected chi connectivity index (χ0v) is 13.2. The number of hydrogen-bond donors (Lipinski definition) is 1. The van der Waals surface area contributed by atoms with Crippen molar-refractivity contribution in [3.05, 3.63) is 34.9 Å². The van der Waals surface area contributed by atoms with Crippen molar-refractivity contribution in [1.82, 2.24) is 10.2 Å². The highest BCUT2D eigenvalue weighted by Crippen LogP contribution is 2.23. The van der Waals surface area contributed by atoms with Crippen molar-refractivity contribution in [1.29, 1.82) is 0 Å². The van der Waals surface area contributed by atoms with Gasteiger partial charge in [0, 0.05) is 18.7 Å². The van der Waals surface area contributed by atoms with Gasteiger partial charge in [-0.15, -0.1) is 12.4 Å². The van der Waals surface area contributed by atoms with Crippen molar-refractivity contribution >= 4 is 18.3 Å². The van der Waals surface area contributed by atoms with E-state index in [0.717, 1.165) is 38.0 Å². The Bertz CT molecular complexity index is 499. The van der Waals surface area contributed by atoms with Gasteiger partial charge in [0.1, 0.15) is 0 Å². The van der Waals surface area contributed by atoms with Crippen LogP contribution in [-0.4, -0.2) is 37.5 Å². The number of carbonyl (C=O) groups is 1. The number of hydrogen-bond acceptors (Lipinski definition) is 3. The number of benzene rings is 1. The van der Waals surface area contributed by atoms with Gasteiger partial charge in [0.25, 0.3) is 5.91 Å². The summed E-state index contributed by atoms with van der Waals surface area (Å²) >= 11 is 0. The number of nitrogens with zero attached hydrogens (tertiary/aromatic N) is 1. The van der Waals surface area contributed by atoms with Gasteiger partial charge in [0.2, 0.25) is 0 Å². The molecule has 1 N–H and O–H groups in total. The predicted molar refractivity (Wildman–Crippen MR) is 84.7 cm³/mol. The van der Waals surface area contributed by atoms with Gasteiger partial charge in [0.15, 0.2) is 0 Å². The molecule has 1 fully saturated rings. The first kappa shape index (κ1) is 16.3. The maximum atomic E-state index is 12.5. The molecule has 4 nitrogen and oxygen atoms in total. The first-order valence-electron chi connectivity index (χ1n) is 7.41. The highest BCUT2D eigenvalue weighted by molar-refractivity contribution is 5.94. The minimum atomic E-state index is 0. The van der Waals surface area contributed by atoms with Crippen LogP contribution in [0.1, 0.15) is 34.3 Å². The molecule has 3 rings (SSSR count). The number of rotatable bonds is 3. The topological polar surface area (TPSA) is 41.6 Å². The van der Waals surface area contributed by atoms with Gasteiger partial charge < -0.3 is 15.0 Å². The number of ether oxygens (including phenoxy) is 1. The molecule has 0 bridgehead atoms. The molecule has 0 radical (unpaired) electrons. The van der Waals surface area contributed by atoms with Crippen LogP contribution in [0.15, 0.2) is 18.2 Å². The molecule has 1 aromatic carbocycles. The van der Waals surface area contributed by atoms with Crippen LogP contribution >= 0.6 is 12.4 Å². The van der Waals surface area contributed by atoms with Crippen LogP contribution in [-0.2, 0) is 18.0 Å². The van der Waals surface area contributed by atoms with Crippen molar-refractivity contribution in [3.63, 3.8) is 0 Å². The molecular formula is C16H23ClN2O2. The average molecular weight is 311 g/mol. The Kier molecular flexibility index (Phi) is 5.62. The van der Waals surface area contributed by atoms with Gasteiger partial charge >= 0.3 is 0 Å². The molecule has 5 heteroatoms. The highest BCUT2D eigenvalue weighted by Gasteiger charge is 2.24. The lowest BCUT2D eigenvalue weighted by atomic mass is 9.96. The molecular weight excluding hydrogens is 288 g/mol. The molecule has 2 aliphatic heterocycles. The summed E-state index contributed by atoms with van der Waals surface area (Å²) in [5, 5.41) is 3.22. The van der Waals surface area contributed by atoms with E-state index in [1.807, 2.05) is 30.1 Å². The lowest BCUT2D eigenvalue weighted by molar-refractivity contribution is 0.0691. The molecule has 0 aliphatic carbocycles. The van der Waals surface area contributed by atoms with Crippen molar-refractivity contribution in [2.75, 3.05) is 26.7 Å². The fraction of sp³-hybridized carbons (Fsp3) is 0.562. The van der Waals surface area contributed by atoms with Crippen LogP contribution in [0.3, 0.4) is 0 Å². The van der Waals surface area contributed by atoms with Crippen LogP contribution in [0.25, 0.3) is 0 Å². The number of amides is 1. The van der Waals surface area contributed by atoms with Gasteiger partial charge in [-0.1, -0.05) is 6.07 Å². The normalized spacial score (nSPS) is 18.2. The van der Waals surface area contributed by atoms with Crippen LogP contribution in [0.2, 0.25) is 0 Å². The summed E-state index contributed by atoms with van der Waals surface area (Å²) in [5.74, 6) is 0.875. The first-order valence-corrected chi connectivity index (χ1v) is 7.41. The number of piperidine rings is 1. The van der Waals surface area contributed by atoms with Crippen LogP contribution < -0.4 is 5.32 Å². The molecule has 2 heterocycles. The standard InChI is InChI=1S/C16H22N2O2.ClH/c1-17-9-12-4-6-18(7-5-12)16(19)13-2-3-14-10-20-11-15(14)8-13;/h2-3,8,12,17H,4-7,9-11H2,1H3;1H. The minimum Gasteiger partial charge on any atom is -0.372 e. The second kappa shape index (κ2) is 7.25. The second-order valence-corrected chi connectivity index (χ2v) is 5.77. The van der Waals surface area contributed by atoms with E-state index >= 15 is 0 Å². The smallest absolute Gasteiger partial charge is 0.253 e. The second-order valence-electron chi connectivity index (χ2n) is 5.77. The molecule has 1 aromatic rings. The molecule has 0 saturated carbocycles. The molecule has 1 amide bonds. The summed E-state index contributed by atoms with van der Waals surface area (Å²) in [6, 6.07) is 5.98. The number of halogens is 1. The Morgan fingerprint density at radius 1 is 1.29 bits per heavy atom. The van der Waals surface area contributed by atoms with Gasteiger partial charge in [-0.05, 0) is 55.6 Å². The lowest BCUT2D eigenvalue weighted by Crippen LogP contribution is -2.40. The first-order chi connectivity index (χ1) is 9.78. The fourth-order valence-electron chi connectivity index (χ4n) is 3.12. The number of nitrogens with one attached hydrogen (secondary N) is 1. The van der Waals surface area contributed by atoms with E-state index in [4.69, 9.17) is 4.74 Å². The molecule has 21 heavy (non-hydrogen) atoms. The van der Waals surface area contributed by atoms with E-state index in [1.54, 1.807) is 0 Å². The monoisotopic (exact) mass is 310 g/mol. The summed E-state index contributed by atoms with van der Waals surface area (Å²) in [6.07, 6.45) is 2.20. The zero-order valence-electron chi connectivity index (χ0n) is 12.4. The average Bonchev–Trinajstić information content (AvgIpc) is 2.95. The van der Waals surface area contributed by atoms with Crippen LogP contribution in [0, 0.1) is 5.92 Å². The van der Waals surface area contributed by atoms with Crippen LogP contribution in [0.5, 0.6) is 0 Å². The molecule has 1 saturated heterocycles. The van der Waals surface area contributed by atoms with Gasteiger partial charge in [-0.2, -0.15) is 0 Å². The Hall–Kier alpha value is -1.10. The lowest BCUT2D eigenvalue weighted by Gasteiger charge is -2.32. The van der Waals surface area contributed by atoms with E-state index in [0.29, 0.717) is 19.1 Å². The highest BCUT2D eigenvalue weighted by atomic mass is 35.5. The molecule has 0 unspecified atom stereocenters. The SMILES string of the molecule is CNCC1CCN(C(=O)c2ccc3c(c2)COC3)CC1.Cl. The largest absolute Gasteiger partial charge is 0.372 e. The maximum absolute atomic E-state index is 12.5. The maximum Gasteiger partial charge on any atom is 0.253 e. The Labute approximate surface area is 132 Å². The summed E-state index contributed by atoms with van der Waals surface area (Å²) in [6.45, 7) is 4.12. The van der Waals surface area contributed by atoms with Crippen molar-refractivity contribution < 1.29 is 9.53 Å². The van der Waals surface area contributed by atoms with E-state index in [1.165, 1.54) is 11.1 Å². The summed E-state index contributed by atoms with van der Waals surface area (Å²) in [5.41, 5.74) is 3.19. The molecule has 2 aliphatic rings. The number of carbonyl (C=O) groups excluding carboxylic acids is 1. The molecule has 0 spiro atoms. The minimum absolute atomic E-state index is 0. The van der Waals surface area contributed by atoms with Crippen molar-refractivity contribution in [2.45, 2.75) is 26.1 Å². The van der Waals surface area contributed by atoms with Crippen molar-refractivity contribution in [2.24, 2.45) is 5.92 Å². The third kappa shape index (κ3) is 3.57. The van der Waals surface area contributed by atoms with Gasteiger partial charge in [-0.3, -0.25) is 4.79 Å². The van der Waals surface area contributed by atoms with E-state index in [2.05, 4.69) is 5.32 Å². The van der Waals surface area contributed by atoms with Crippen molar-refractivity contribution in [3.8, 4) is 0 Å². The van der Waals surface area contributed by atoms with E-state index in [-0.39, 0.29) is 18.3 Å². The van der Waals surface area contributed by atoms with Crippen LogP contribution in [0.4, 0.5) is 0 Å². The zero-order chi connectivity index (χ0) is 13.9. The predicted octanol–water partition coefficient (Wildman–Crippen LogP) is 2.21. The number of likely N-dealkylation sites (tertiary alicyclic amines) is 1. The Balaban J connectivity index is 0.00000161. The van der Waals surface area contributed by atoms with E-state index in [9.17, 15) is 4.79 Å². The van der Waals surface area contributed by atoms with E-state index < -0.39 is 0 Å². The Morgan fingerprint density at radius 2 is 2.00 bits per heavy atom. The third-order valence-electron chi connectivity index (χ3n) is 4.36. The van der Waals surface area contributed by atoms with Gasteiger partial charge in [-0.25, -0.2) is 0 Å². The molecule has 0 aromatic heterocycles. The van der Waals surface area contributed by atoms with Gasteiger partial charge in [0.05, 0.1) is 13.2 Å². The molecule has 116 valence electrons. The summed E-state index contributed by atoms with van der Waals surface area (Å²) in [4.78, 5) is 14.5. The quantitative estimate of drug-likeness (QED) is 0.930. The number of fused-ring (bicyclic) bond motifs is 1. The fourth-order valence-corrected chi connectivity index (χ4v) is 3.12. The third-order valence-corrected chi connectivity index (χ3v) is 4.36. The Morgan fingerprint density at radius 3 is 2.71 bits per heavy atom. The summed E-state index contributed by atoms with van der Waals surface area (Å²) < 4.78 is 5.40. The molecule has 0 atom stereocenters.